The van der Waals surface area contributed by atoms with E-state index < -0.39 is 27.7 Å². The number of phenolic OH excluding ortho intramolecular Hbond substituents is 1. The molecule has 2 amide bonds. The highest BCUT2D eigenvalue weighted by Gasteiger charge is 2.36. The number of carbonyl (C=O) groups is 2. The molecule has 1 aromatic carbocycles. The smallest absolute Gasteiger partial charge is 0.313 e. The van der Waals surface area contributed by atoms with Crippen molar-refractivity contribution in [1.82, 2.24) is 4.90 Å². The molecule has 0 aromatic heterocycles. The number of nitrogens with one attached hydrogen (secondary N) is 1. The molecule has 7 nitrogen and oxygen atoms in total. The van der Waals surface area contributed by atoms with Crippen molar-refractivity contribution < 1.29 is 23.1 Å². The Morgan fingerprint density at radius 2 is 2.09 bits per heavy atom. The van der Waals surface area contributed by atoms with Gasteiger partial charge in [0.15, 0.2) is 9.84 Å². The molecule has 1 aliphatic rings. The first-order valence-electron chi connectivity index (χ1n) is 7.35. The van der Waals surface area contributed by atoms with Gasteiger partial charge in [-0.05, 0) is 44.0 Å². The third kappa shape index (κ3) is 4.01. The summed E-state index contributed by atoms with van der Waals surface area (Å²) in [5, 5.41) is 11.9. The van der Waals surface area contributed by atoms with Crippen molar-refractivity contribution in [3.05, 3.63) is 23.8 Å². The van der Waals surface area contributed by atoms with Crippen LogP contribution in [-0.4, -0.2) is 54.3 Å². The van der Waals surface area contributed by atoms with E-state index in [0.717, 1.165) is 0 Å². The lowest BCUT2D eigenvalue weighted by Crippen LogP contribution is -2.46. The van der Waals surface area contributed by atoms with Crippen molar-refractivity contribution in [2.75, 3.05) is 23.4 Å². The van der Waals surface area contributed by atoms with E-state index in [0.29, 0.717) is 17.7 Å². The number of benzene rings is 1. The molecular formula is C15H20N2O5S. The zero-order chi connectivity index (χ0) is 17.2. The number of phenols is 1. The van der Waals surface area contributed by atoms with Gasteiger partial charge in [0.1, 0.15) is 5.75 Å². The molecule has 1 aliphatic heterocycles. The van der Waals surface area contributed by atoms with Gasteiger partial charge in [0.05, 0.1) is 11.5 Å². The number of rotatable bonds is 3. The Kier molecular flexibility index (Phi) is 4.93. The van der Waals surface area contributed by atoms with Gasteiger partial charge in [-0.2, -0.15) is 0 Å². The molecule has 2 N–H and O–H groups in total. The van der Waals surface area contributed by atoms with Gasteiger partial charge in [-0.15, -0.1) is 0 Å². The molecule has 1 heterocycles. The predicted octanol–water partition coefficient (Wildman–Crippen LogP) is 0.675. The van der Waals surface area contributed by atoms with Crippen LogP contribution in [0.4, 0.5) is 5.69 Å². The summed E-state index contributed by atoms with van der Waals surface area (Å²) in [6, 6.07) is 3.94. The Bertz CT molecular complexity index is 729. The minimum absolute atomic E-state index is 0.0418. The first-order chi connectivity index (χ1) is 10.7. The van der Waals surface area contributed by atoms with Crippen LogP contribution >= 0.6 is 0 Å². The van der Waals surface area contributed by atoms with E-state index in [2.05, 4.69) is 5.32 Å². The van der Waals surface area contributed by atoms with Gasteiger partial charge in [0, 0.05) is 18.3 Å². The number of likely N-dealkylation sites (N-methyl/N-ethyl adjacent to an activating group) is 1. The zero-order valence-corrected chi connectivity index (χ0v) is 13.9. The normalized spacial score (nSPS) is 19.3. The number of hydrogen-bond acceptors (Lipinski definition) is 5. The fourth-order valence-corrected chi connectivity index (χ4v) is 4.41. The molecule has 23 heavy (non-hydrogen) atoms. The summed E-state index contributed by atoms with van der Waals surface area (Å²) in [5.74, 6) is -1.55. The van der Waals surface area contributed by atoms with Gasteiger partial charge in [0.2, 0.25) is 0 Å². The third-order valence-corrected chi connectivity index (χ3v) is 5.65. The molecule has 0 spiro atoms. The zero-order valence-electron chi connectivity index (χ0n) is 13.1. The highest BCUT2D eigenvalue weighted by atomic mass is 32.2. The summed E-state index contributed by atoms with van der Waals surface area (Å²) in [6.45, 7) is 3.67. The maximum Gasteiger partial charge on any atom is 0.313 e. The van der Waals surface area contributed by atoms with E-state index in [1.54, 1.807) is 13.8 Å². The van der Waals surface area contributed by atoms with Crippen molar-refractivity contribution in [2.24, 2.45) is 0 Å². The third-order valence-electron chi connectivity index (χ3n) is 3.90. The summed E-state index contributed by atoms with van der Waals surface area (Å²) >= 11 is 0. The van der Waals surface area contributed by atoms with E-state index in [4.69, 9.17) is 0 Å². The number of nitrogens with zero attached hydrogens (tertiary/aromatic N) is 1. The number of aryl methyl sites for hydroxylation is 1. The highest BCUT2D eigenvalue weighted by Crippen LogP contribution is 2.21. The molecule has 126 valence electrons. The standard InChI is InChI=1S/C15H20N2O5S/c1-3-17(11-6-7-23(21,22)9-11)15(20)14(19)16-13-5-4-12(18)8-10(13)2/h4-5,8,11,18H,3,6-7,9H2,1-2H3,(H,16,19). The molecule has 0 bridgehead atoms. The highest BCUT2D eigenvalue weighted by molar-refractivity contribution is 7.91. The van der Waals surface area contributed by atoms with E-state index in [1.165, 1.54) is 23.1 Å². The second-order valence-electron chi connectivity index (χ2n) is 5.60. The molecule has 0 saturated carbocycles. The van der Waals surface area contributed by atoms with Gasteiger partial charge in [-0.3, -0.25) is 9.59 Å². The topological polar surface area (TPSA) is 104 Å². The maximum atomic E-state index is 12.3. The summed E-state index contributed by atoms with van der Waals surface area (Å²) in [7, 11) is -3.13. The van der Waals surface area contributed by atoms with E-state index >= 15 is 0 Å². The van der Waals surface area contributed by atoms with Crippen molar-refractivity contribution in [1.29, 1.82) is 0 Å². The Balaban J connectivity index is 2.10. The lowest BCUT2D eigenvalue weighted by molar-refractivity contribution is -0.144. The quantitative estimate of drug-likeness (QED) is 0.622. The molecule has 2 rings (SSSR count). The van der Waals surface area contributed by atoms with Gasteiger partial charge >= 0.3 is 11.8 Å². The number of carbonyl (C=O) groups excluding carboxylic acids is 2. The molecular weight excluding hydrogens is 320 g/mol. The van der Waals surface area contributed by atoms with Crippen LogP contribution < -0.4 is 5.32 Å². The Morgan fingerprint density at radius 1 is 1.39 bits per heavy atom. The number of anilines is 1. The van der Waals surface area contributed by atoms with Gasteiger partial charge < -0.3 is 15.3 Å². The maximum absolute atomic E-state index is 12.3. The number of sulfone groups is 1. The first-order valence-corrected chi connectivity index (χ1v) is 9.17. The van der Waals surface area contributed by atoms with Crippen LogP contribution in [0.1, 0.15) is 18.9 Å². The Morgan fingerprint density at radius 3 is 2.61 bits per heavy atom. The molecule has 1 fully saturated rings. The van der Waals surface area contributed by atoms with Crippen molar-refractivity contribution >= 4 is 27.3 Å². The Labute approximate surface area is 135 Å². The molecule has 0 radical (unpaired) electrons. The summed E-state index contributed by atoms with van der Waals surface area (Å²) in [5.41, 5.74) is 1.05. The van der Waals surface area contributed by atoms with Crippen LogP contribution in [0.2, 0.25) is 0 Å². The van der Waals surface area contributed by atoms with E-state index in [1.807, 2.05) is 0 Å². The lowest BCUT2D eigenvalue weighted by atomic mass is 10.2. The van der Waals surface area contributed by atoms with Crippen molar-refractivity contribution in [3.8, 4) is 5.75 Å². The predicted molar refractivity (Wildman–Crippen MR) is 85.9 cm³/mol. The van der Waals surface area contributed by atoms with Crippen LogP contribution in [0.15, 0.2) is 18.2 Å². The fourth-order valence-electron chi connectivity index (χ4n) is 2.68. The minimum atomic E-state index is -3.13. The number of aromatic hydroxyl groups is 1. The first kappa shape index (κ1) is 17.3. The van der Waals surface area contributed by atoms with Gasteiger partial charge in [0.25, 0.3) is 0 Å². The molecule has 8 heteroatoms. The summed E-state index contributed by atoms with van der Waals surface area (Å²) in [4.78, 5) is 25.8. The monoisotopic (exact) mass is 340 g/mol. The number of hydrogen-bond donors (Lipinski definition) is 2. The van der Waals surface area contributed by atoms with Crippen LogP contribution in [0.5, 0.6) is 5.75 Å². The lowest BCUT2D eigenvalue weighted by Gasteiger charge is -2.26. The Hall–Kier alpha value is -2.09. The van der Waals surface area contributed by atoms with Crippen molar-refractivity contribution in [2.45, 2.75) is 26.3 Å². The van der Waals surface area contributed by atoms with Crippen LogP contribution in [0.3, 0.4) is 0 Å². The van der Waals surface area contributed by atoms with E-state index in [-0.39, 0.29) is 23.8 Å². The van der Waals surface area contributed by atoms with Crippen LogP contribution in [0.25, 0.3) is 0 Å². The van der Waals surface area contributed by atoms with Gasteiger partial charge in [-0.1, -0.05) is 0 Å². The second-order valence-corrected chi connectivity index (χ2v) is 7.83. The fraction of sp³-hybridized carbons (Fsp3) is 0.467. The molecule has 1 unspecified atom stereocenters. The minimum Gasteiger partial charge on any atom is -0.508 e. The summed E-state index contributed by atoms with van der Waals surface area (Å²) < 4.78 is 23.1. The summed E-state index contributed by atoms with van der Waals surface area (Å²) in [6.07, 6.45) is 0.355. The van der Waals surface area contributed by atoms with Crippen LogP contribution in [-0.2, 0) is 19.4 Å². The number of amides is 2. The molecule has 1 atom stereocenters. The van der Waals surface area contributed by atoms with Crippen LogP contribution in [0, 0.1) is 6.92 Å². The van der Waals surface area contributed by atoms with Crippen molar-refractivity contribution in [3.63, 3.8) is 0 Å². The SMILES string of the molecule is CCN(C(=O)C(=O)Nc1ccc(O)cc1C)C1CCS(=O)(=O)C1. The molecule has 0 aliphatic carbocycles. The average Bonchev–Trinajstić information content (AvgIpc) is 2.82. The average molecular weight is 340 g/mol. The molecule has 1 saturated heterocycles. The largest absolute Gasteiger partial charge is 0.508 e. The second kappa shape index (κ2) is 6.57. The van der Waals surface area contributed by atoms with Gasteiger partial charge in [-0.25, -0.2) is 8.42 Å². The van der Waals surface area contributed by atoms with E-state index in [9.17, 15) is 23.1 Å². The molecule has 1 aromatic rings.